The molecule has 23 heavy (non-hydrogen) atoms. The van der Waals surface area contributed by atoms with Gasteiger partial charge in [0.15, 0.2) is 0 Å². The van der Waals surface area contributed by atoms with Gasteiger partial charge in [0.25, 0.3) is 10.0 Å². The zero-order valence-electron chi connectivity index (χ0n) is 13.5. The summed E-state index contributed by atoms with van der Waals surface area (Å²) < 4.78 is 37.5. The van der Waals surface area contributed by atoms with Gasteiger partial charge in [-0.15, -0.1) is 0 Å². The van der Waals surface area contributed by atoms with E-state index in [1.165, 1.54) is 26.5 Å². The summed E-state index contributed by atoms with van der Waals surface area (Å²) in [5.41, 5.74) is 5.87. The van der Waals surface area contributed by atoms with Gasteiger partial charge in [0, 0.05) is 18.7 Å². The van der Waals surface area contributed by atoms with E-state index in [0.29, 0.717) is 0 Å². The molecule has 1 saturated carbocycles. The molecule has 8 heteroatoms. The fourth-order valence-corrected chi connectivity index (χ4v) is 4.34. The molecule has 3 N–H and O–H groups in total. The number of nitrogens with one attached hydrogen (secondary N) is 1. The first-order valence-corrected chi connectivity index (χ1v) is 9.28. The lowest BCUT2D eigenvalue weighted by atomic mass is 9.84. The van der Waals surface area contributed by atoms with Crippen molar-refractivity contribution in [1.29, 1.82) is 0 Å². The normalized spacial score (nSPS) is 17.9. The molecule has 0 aromatic carbocycles. The second kappa shape index (κ2) is 7.46. The van der Waals surface area contributed by atoms with Gasteiger partial charge in [-0.05, 0) is 25.7 Å². The molecule has 1 aliphatic rings. The van der Waals surface area contributed by atoms with Crippen LogP contribution in [-0.4, -0.2) is 34.1 Å². The lowest BCUT2D eigenvalue weighted by molar-refractivity contribution is 0.0599. The van der Waals surface area contributed by atoms with E-state index in [4.69, 9.17) is 10.2 Å². The summed E-state index contributed by atoms with van der Waals surface area (Å²) in [7, 11) is -2.64. The predicted molar refractivity (Wildman–Crippen MR) is 84.5 cm³/mol. The summed E-state index contributed by atoms with van der Waals surface area (Å²) in [6.07, 6.45) is 5.30. The van der Waals surface area contributed by atoms with Gasteiger partial charge in [-0.25, -0.2) is 17.9 Å². The SMILES string of the molecule is COC(=O)c1cc(S(=O)(=O)NC(CN)C2CCCCC2)oc1C. The number of hydrogen-bond donors (Lipinski definition) is 2. The molecule has 1 heterocycles. The summed E-state index contributed by atoms with van der Waals surface area (Å²) in [5.74, 6) is -0.186. The zero-order valence-corrected chi connectivity index (χ0v) is 14.3. The van der Waals surface area contributed by atoms with Crippen molar-refractivity contribution >= 4 is 16.0 Å². The molecule has 1 fully saturated rings. The van der Waals surface area contributed by atoms with Gasteiger partial charge in [-0.1, -0.05) is 19.3 Å². The third-order valence-electron chi connectivity index (χ3n) is 4.34. The van der Waals surface area contributed by atoms with Crippen LogP contribution in [0.5, 0.6) is 0 Å². The molecule has 1 aromatic rings. The molecular formula is C15H24N2O5S. The van der Waals surface area contributed by atoms with Crippen LogP contribution in [0, 0.1) is 12.8 Å². The van der Waals surface area contributed by atoms with E-state index in [0.717, 1.165) is 25.7 Å². The van der Waals surface area contributed by atoms with Crippen molar-refractivity contribution in [2.24, 2.45) is 11.7 Å². The van der Waals surface area contributed by atoms with Crippen LogP contribution >= 0.6 is 0 Å². The fourth-order valence-electron chi connectivity index (χ4n) is 3.03. The average Bonchev–Trinajstić information content (AvgIpc) is 2.95. The van der Waals surface area contributed by atoms with Crippen molar-refractivity contribution < 1.29 is 22.4 Å². The minimum Gasteiger partial charge on any atom is -0.465 e. The molecule has 7 nitrogen and oxygen atoms in total. The highest BCUT2D eigenvalue weighted by atomic mass is 32.2. The van der Waals surface area contributed by atoms with Gasteiger partial charge in [-0.2, -0.15) is 0 Å². The van der Waals surface area contributed by atoms with Crippen LogP contribution in [-0.2, 0) is 14.8 Å². The van der Waals surface area contributed by atoms with E-state index in [-0.39, 0.29) is 34.9 Å². The number of aryl methyl sites for hydroxylation is 1. The summed E-state index contributed by atoms with van der Waals surface area (Å²) in [5, 5.41) is -0.287. The minimum atomic E-state index is -3.87. The van der Waals surface area contributed by atoms with Crippen LogP contribution in [0.25, 0.3) is 0 Å². The van der Waals surface area contributed by atoms with Crippen LogP contribution in [0.15, 0.2) is 15.6 Å². The van der Waals surface area contributed by atoms with E-state index in [2.05, 4.69) is 9.46 Å². The molecule has 1 unspecified atom stereocenters. The smallest absolute Gasteiger partial charge is 0.341 e. The Bertz CT molecular complexity index is 647. The van der Waals surface area contributed by atoms with Crippen molar-refractivity contribution in [2.75, 3.05) is 13.7 Å². The molecule has 2 rings (SSSR count). The Labute approximate surface area is 136 Å². The number of esters is 1. The first-order valence-electron chi connectivity index (χ1n) is 7.80. The van der Waals surface area contributed by atoms with Crippen LogP contribution in [0.1, 0.15) is 48.2 Å². The molecule has 1 atom stereocenters. The van der Waals surface area contributed by atoms with E-state index >= 15 is 0 Å². The molecular weight excluding hydrogens is 320 g/mol. The maximum absolute atomic E-state index is 12.5. The van der Waals surface area contributed by atoms with Gasteiger partial charge in [0.1, 0.15) is 11.3 Å². The van der Waals surface area contributed by atoms with Gasteiger partial charge in [0.2, 0.25) is 5.09 Å². The number of methoxy groups -OCH3 is 1. The van der Waals surface area contributed by atoms with Gasteiger partial charge >= 0.3 is 5.97 Å². The Morgan fingerprint density at radius 2 is 2.09 bits per heavy atom. The van der Waals surface area contributed by atoms with E-state index in [1.807, 2.05) is 0 Å². The highest BCUT2D eigenvalue weighted by Crippen LogP contribution is 2.27. The van der Waals surface area contributed by atoms with E-state index in [1.54, 1.807) is 0 Å². The number of nitrogens with two attached hydrogens (primary N) is 1. The number of hydrogen-bond acceptors (Lipinski definition) is 6. The molecule has 1 aromatic heterocycles. The molecule has 0 spiro atoms. The first kappa shape index (κ1) is 18.0. The van der Waals surface area contributed by atoms with Crippen molar-refractivity contribution in [1.82, 2.24) is 4.72 Å². The number of carbonyl (C=O) groups excluding carboxylic acids is 1. The minimum absolute atomic E-state index is 0.106. The van der Waals surface area contributed by atoms with Crippen molar-refractivity contribution in [3.63, 3.8) is 0 Å². The lowest BCUT2D eigenvalue weighted by Gasteiger charge is -2.29. The Kier molecular flexibility index (Phi) is 5.83. The van der Waals surface area contributed by atoms with Gasteiger partial charge in [-0.3, -0.25) is 0 Å². The molecule has 0 saturated heterocycles. The highest BCUT2D eigenvalue weighted by molar-refractivity contribution is 7.89. The maximum Gasteiger partial charge on any atom is 0.341 e. The maximum atomic E-state index is 12.5. The Balaban J connectivity index is 2.18. The fraction of sp³-hybridized carbons (Fsp3) is 0.667. The topological polar surface area (TPSA) is 112 Å². The van der Waals surface area contributed by atoms with Crippen LogP contribution in [0.3, 0.4) is 0 Å². The quantitative estimate of drug-likeness (QED) is 0.758. The summed E-state index contributed by atoms with van der Waals surface area (Å²) in [4.78, 5) is 11.6. The monoisotopic (exact) mass is 344 g/mol. The molecule has 0 amide bonds. The van der Waals surface area contributed by atoms with E-state index < -0.39 is 16.0 Å². The predicted octanol–water partition coefficient (Wildman–Crippen LogP) is 1.56. The number of furan rings is 1. The molecule has 0 bridgehead atoms. The van der Waals surface area contributed by atoms with Crippen molar-refractivity contribution in [3.8, 4) is 0 Å². The third-order valence-corrected chi connectivity index (χ3v) is 5.69. The van der Waals surface area contributed by atoms with Crippen LogP contribution in [0.2, 0.25) is 0 Å². The number of sulfonamides is 1. The van der Waals surface area contributed by atoms with Gasteiger partial charge < -0.3 is 14.9 Å². The largest absolute Gasteiger partial charge is 0.465 e. The van der Waals surface area contributed by atoms with Crippen molar-refractivity contribution in [3.05, 3.63) is 17.4 Å². The highest BCUT2D eigenvalue weighted by Gasteiger charge is 2.30. The Hall–Kier alpha value is -1.38. The zero-order chi connectivity index (χ0) is 17.0. The molecule has 1 aliphatic carbocycles. The summed E-state index contributed by atoms with van der Waals surface area (Å²) in [6.45, 7) is 1.75. The number of carbonyl (C=O) groups is 1. The van der Waals surface area contributed by atoms with Crippen LogP contribution < -0.4 is 10.5 Å². The second-order valence-electron chi connectivity index (χ2n) is 5.89. The molecule has 130 valence electrons. The standard InChI is InChI=1S/C15H24N2O5S/c1-10-12(15(18)21-2)8-14(22-10)23(19,20)17-13(9-16)11-6-4-3-5-7-11/h8,11,13,17H,3-7,9,16H2,1-2H3. The van der Waals surface area contributed by atoms with Gasteiger partial charge in [0.05, 0.1) is 7.11 Å². The van der Waals surface area contributed by atoms with E-state index in [9.17, 15) is 13.2 Å². The summed E-state index contributed by atoms with van der Waals surface area (Å²) >= 11 is 0. The molecule has 0 radical (unpaired) electrons. The lowest BCUT2D eigenvalue weighted by Crippen LogP contribution is -2.45. The second-order valence-corrected chi connectivity index (χ2v) is 7.53. The Morgan fingerprint density at radius 1 is 1.43 bits per heavy atom. The average molecular weight is 344 g/mol. The number of ether oxygens (including phenoxy) is 1. The van der Waals surface area contributed by atoms with Crippen LogP contribution in [0.4, 0.5) is 0 Å². The van der Waals surface area contributed by atoms with Crippen molar-refractivity contribution in [2.45, 2.75) is 50.2 Å². The Morgan fingerprint density at radius 3 is 2.65 bits per heavy atom. The molecule has 0 aliphatic heterocycles. The first-order chi connectivity index (χ1) is 10.9. The number of rotatable bonds is 6. The third kappa shape index (κ3) is 4.13. The summed E-state index contributed by atoms with van der Waals surface area (Å²) in [6, 6.07) is 0.866.